The van der Waals surface area contributed by atoms with E-state index in [9.17, 15) is 0 Å². The van der Waals surface area contributed by atoms with Crippen LogP contribution in [0, 0.1) is 6.92 Å². The maximum atomic E-state index is 5.22. The fraction of sp³-hybridized carbons (Fsp3) is 0.688. The number of ether oxygens (including phenoxy) is 1. The van der Waals surface area contributed by atoms with Crippen LogP contribution in [-0.4, -0.2) is 37.3 Å². The Morgan fingerprint density at radius 1 is 1.30 bits per heavy atom. The van der Waals surface area contributed by atoms with Crippen LogP contribution >= 0.6 is 0 Å². The highest BCUT2D eigenvalue weighted by atomic mass is 16.5. The third-order valence-corrected chi connectivity index (χ3v) is 4.16. The Morgan fingerprint density at radius 3 is 2.70 bits per heavy atom. The van der Waals surface area contributed by atoms with Crippen molar-refractivity contribution in [2.45, 2.75) is 51.2 Å². The van der Waals surface area contributed by atoms with Gasteiger partial charge in [0.1, 0.15) is 5.82 Å². The van der Waals surface area contributed by atoms with E-state index in [1.807, 2.05) is 0 Å². The van der Waals surface area contributed by atoms with Crippen LogP contribution in [-0.2, 0) is 11.3 Å². The Kier molecular flexibility index (Phi) is 4.22. The first-order valence-electron chi connectivity index (χ1n) is 7.73. The van der Waals surface area contributed by atoms with Crippen molar-refractivity contribution in [2.24, 2.45) is 0 Å². The van der Waals surface area contributed by atoms with Crippen LogP contribution in [0.15, 0.2) is 12.1 Å². The summed E-state index contributed by atoms with van der Waals surface area (Å²) in [6, 6.07) is 5.83. The van der Waals surface area contributed by atoms with Gasteiger partial charge in [-0.3, -0.25) is 0 Å². The van der Waals surface area contributed by atoms with Gasteiger partial charge in [0.15, 0.2) is 0 Å². The molecule has 0 amide bonds. The first-order chi connectivity index (χ1) is 9.78. The van der Waals surface area contributed by atoms with Gasteiger partial charge >= 0.3 is 0 Å². The number of anilines is 1. The second kappa shape index (κ2) is 6.10. The average Bonchev–Trinajstić information content (AvgIpc) is 3.31. The van der Waals surface area contributed by atoms with E-state index < -0.39 is 0 Å². The second-order valence-corrected chi connectivity index (χ2v) is 5.99. The number of hydrogen-bond donors (Lipinski definition) is 1. The van der Waals surface area contributed by atoms with Gasteiger partial charge in [-0.2, -0.15) is 0 Å². The zero-order chi connectivity index (χ0) is 13.9. The highest BCUT2D eigenvalue weighted by Crippen LogP contribution is 2.31. The number of nitrogens with zero attached hydrogens (tertiary/aromatic N) is 2. The lowest BCUT2D eigenvalue weighted by atomic mass is 10.2. The summed E-state index contributed by atoms with van der Waals surface area (Å²) in [6.45, 7) is 4.77. The zero-order valence-electron chi connectivity index (χ0n) is 12.6. The first-order valence-corrected chi connectivity index (χ1v) is 7.73. The fourth-order valence-corrected chi connectivity index (χ4v) is 2.53. The first kappa shape index (κ1) is 13.8. The highest BCUT2D eigenvalue weighted by Gasteiger charge is 2.30. The third-order valence-electron chi connectivity index (χ3n) is 4.16. The van der Waals surface area contributed by atoms with Gasteiger partial charge in [0.25, 0.3) is 0 Å². The number of methoxy groups -OCH3 is 1. The summed E-state index contributed by atoms with van der Waals surface area (Å²) in [4.78, 5) is 7.21. The van der Waals surface area contributed by atoms with Crippen LogP contribution in [0.25, 0.3) is 0 Å². The van der Waals surface area contributed by atoms with Gasteiger partial charge in [0.05, 0.1) is 6.61 Å². The molecule has 2 aliphatic carbocycles. The van der Waals surface area contributed by atoms with Crippen molar-refractivity contribution < 1.29 is 4.74 Å². The van der Waals surface area contributed by atoms with Crippen molar-refractivity contribution in [1.29, 1.82) is 0 Å². The molecule has 1 aromatic heterocycles. The molecule has 2 saturated carbocycles. The third kappa shape index (κ3) is 3.49. The van der Waals surface area contributed by atoms with Gasteiger partial charge < -0.3 is 15.0 Å². The molecule has 0 radical (unpaired) electrons. The number of rotatable bonds is 8. The van der Waals surface area contributed by atoms with Gasteiger partial charge in [-0.15, -0.1) is 0 Å². The van der Waals surface area contributed by atoms with Crippen LogP contribution in [0.4, 0.5) is 5.82 Å². The summed E-state index contributed by atoms with van der Waals surface area (Å²) in [5.74, 6) is 1.11. The van der Waals surface area contributed by atoms with Crippen molar-refractivity contribution in [3.05, 3.63) is 23.4 Å². The Hall–Kier alpha value is -1.13. The summed E-state index contributed by atoms with van der Waals surface area (Å²) in [6.07, 6.45) is 5.24. The summed E-state index contributed by atoms with van der Waals surface area (Å²) >= 11 is 0. The van der Waals surface area contributed by atoms with Crippen LogP contribution in [0.5, 0.6) is 0 Å². The molecular weight excluding hydrogens is 250 g/mol. The summed E-state index contributed by atoms with van der Waals surface area (Å²) in [7, 11) is 1.76. The zero-order valence-corrected chi connectivity index (χ0v) is 12.6. The molecule has 1 heterocycles. The second-order valence-electron chi connectivity index (χ2n) is 5.99. The number of aryl methyl sites for hydroxylation is 1. The molecule has 0 bridgehead atoms. The molecule has 4 heteroatoms. The van der Waals surface area contributed by atoms with Crippen molar-refractivity contribution in [3.63, 3.8) is 0 Å². The normalized spacial score (nSPS) is 18.3. The van der Waals surface area contributed by atoms with Crippen molar-refractivity contribution in [2.75, 3.05) is 25.2 Å². The predicted molar refractivity (Wildman–Crippen MR) is 81.1 cm³/mol. The summed E-state index contributed by atoms with van der Waals surface area (Å²) in [5, 5.41) is 3.56. The number of hydrogen-bond acceptors (Lipinski definition) is 4. The summed E-state index contributed by atoms with van der Waals surface area (Å²) in [5.41, 5.74) is 2.47. The van der Waals surface area contributed by atoms with Gasteiger partial charge in [0, 0.05) is 38.0 Å². The lowest BCUT2D eigenvalue weighted by molar-refractivity contribution is 0.204. The molecule has 0 aromatic carbocycles. The quantitative estimate of drug-likeness (QED) is 0.789. The SMILES string of the molecule is COCCN(c1ccc(CNC2CC2)c(C)n1)C1CC1. The number of pyridine rings is 1. The smallest absolute Gasteiger partial charge is 0.129 e. The van der Waals surface area contributed by atoms with Crippen molar-refractivity contribution >= 4 is 5.82 Å². The molecule has 110 valence electrons. The maximum Gasteiger partial charge on any atom is 0.129 e. The van der Waals surface area contributed by atoms with Crippen LogP contribution < -0.4 is 10.2 Å². The van der Waals surface area contributed by atoms with E-state index in [1.54, 1.807) is 7.11 Å². The molecule has 1 aromatic rings. The van der Waals surface area contributed by atoms with Gasteiger partial charge in [0.2, 0.25) is 0 Å². The molecule has 0 aliphatic heterocycles. The van der Waals surface area contributed by atoms with Crippen molar-refractivity contribution in [1.82, 2.24) is 10.3 Å². The monoisotopic (exact) mass is 275 g/mol. The van der Waals surface area contributed by atoms with Gasteiger partial charge in [-0.05, 0) is 44.2 Å². The molecule has 0 saturated heterocycles. The van der Waals surface area contributed by atoms with E-state index in [0.29, 0.717) is 6.04 Å². The molecule has 2 fully saturated rings. The van der Waals surface area contributed by atoms with E-state index in [1.165, 1.54) is 31.2 Å². The fourth-order valence-electron chi connectivity index (χ4n) is 2.53. The topological polar surface area (TPSA) is 37.4 Å². The van der Waals surface area contributed by atoms with Crippen molar-refractivity contribution in [3.8, 4) is 0 Å². The molecule has 1 N–H and O–H groups in total. The van der Waals surface area contributed by atoms with E-state index in [0.717, 1.165) is 37.3 Å². The van der Waals surface area contributed by atoms with E-state index >= 15 is 0 Å². The number of aromatic nitrogens is 1. The Bertz CT molecular complexity index is 455. The molecule has 0 spiro atoms. The summed E-state index contributed by atoms with van der Waals surface area (Å²) < 4.78 is 5.22. The largest absolute Gasteiger partial charge is 0.383 e. The van der Waals surface area contributed by atoms with Crippen LogP contribution in [0.1, 0.15) is 36.9 Å². The standard InChI is InChI=1S/C16H25N3O/c1-12-13(11-17-14-4-5-14)3-8-16(18-12)19(9-10-20-2)15-6-7-15/h3,8,14-15,17H,4-7,9-11H2,1-2H3. The minimum atomic E-state index is 0.674. The Balaban J connectivity index is 1.66. The molecule has 4 nitrogen and oxygen atoms in total. The highest BCUT2D eigenvalue weighted by molar-refractivity contribution is 5.44. The predicted octanol–water partition coefficient (Wildman–Crippen LogP) is 2.26. The van der Waals surface area contributed by atoms with E-state index in [4.69, 9.17) is 9.72 Å². The maximum absolute atomic E-state index is 5.22. The lowest BCUT2D eigenvalue weighted by Gasteiger charge is -2.24. The van der Waals surface area contributed by atoms with Crippen LogP contribution in [0.3, 0.4) is 0 Å². The lowest BCUT2D eigenvalue weighted by Crippen LogP contribution is -2.30. The molecule has 3 rings (SSSR count). The van der Waals surface area contributed by atoms with E-state index in [-0.39, 0.29) is 0 Å². The minimum absolute atomic E-state index is 0.674. The molecular formula is C16H25N3O. The molecule has 2 aliphatic rings. The average molecular weight is 275 g/mol. The van der Waals surface area contributed by atoms with E-state index in [2.05, 4.69) is 29.3 Å². The van der Waals surface area contributed by atoms with Crippen LogP contribution in [0.2, 0.25) is 0 Å². The number of nitrogens with one attached hydrogen (secondary N) is 1. The molecule has 0 unspecified atom stereocenters. The molecule has 0 atom stereocenters. The Labute approximate surface area is 121 Å². The molecule has 20 heavy (non-hydrogen) atoms. The van der Waals surface area contributed by atoms with Gasteiger partial charge in [-0.1, -0.05) is 6.07 Å². The Morgan fingerprint density at radius 2 is 2.10 bits per heavy atom. The van der Waals surface area contributed by atoms with Gasteiger partial charge in [-0.25, -0.2) is 4.98 Å². The minimum Gasteiger partial charge on any atom is -0.383 e.